The number of phenolic OH excluding ortho intramolecular Hbond substituents is 1. The monoisotopic (exact) mass is 417 g/mol. The Morgan fingerprint density at radius 3 is 2.76 bits per heavy atom. The van der Waals surface area contributed by atoms with E-state index in [1.807, 2.05) is 18.2 Å². The van der Waals surface area contributed by atoms with Crippen LogP contribution in [0.2, 0.25) is 0 Å². The number of carbonyl (C=O) groups is 2. The first kappa shape index (κ1) is 18.9. The molecule has 6 nitrogen and oxygen atoms in total. The molecule has 1 aromatic carbocycles. The number of halogens is 2. The van der Waals surface area contributed by atoms with Crippen LogP contribution in [0.25, 0.3) is 11.1 Å². The van der Waals surface area contributed by atoms with Crippen molar-refractivity contribution in [1.82, 2.24) is 0 Å². The molecule has 29 heavy (non-hydrogen) atoms. The Morgan fingerprint density at radius 2 is 2.03 bits per heavy atom. The standard InChI is InChI=1S/C20H13F2NO5S/c21-12-6-5-10(16(22)17(12)24)11-8-29-19(15(11)20(26)27)23-18(25)14-7-9-3-1-2-4-13(9)28-14/h1-3,5-8,13,24H,4H2,(H,23,25)(H,26,27). The molecule has 1 unspecified atom stereocenters. The predicted octanol–water partition coefficient (Wildman–Crippen LogP) is 4.20. The van der Waals surface area contributed by atoms with Crippen molar-refractivity contribution in [3.8, 4) is 16.9 Å². The number of fused-ring (bicyclic) bond motifs is 1. The molecular formula is C20H13F2NO5S. The van der Waals surface area contributed by atoms with Crippen LogP contribution in [0.15, 0.2) is 53.1 Å². The molecule has 148 valence electrons. The SMILES string of the molecule is O=C(Nc1scc(-c2ccc(F)c(O)c2F)c1C(=O)O)C1=CC2=CC=CCC2O1. The highest BCUT2D eigenvalue weighted by Gasteiger charge is 2.30. The number of amides is 1. The quantitative estimate of drug-likeness (QED) is 0.693. The van der Waals surface area contributed by atoms with Gasteiger partial charge in [0, 0.05) is 22.9 Å². The average molecular weight is 417 g/mol. The summed E-state index contributed by atoms with van der Waals surface area (Å²) in [5.74, 6) is -5.66. The maximum atomic E-state index is 14.3. The lowest BCUT2D eigenvalue weighted by Gasteiger charge is -2.14. The number of hydrogen-bond acceptors (Lipinski definition) is 5. The summed E-state index contributed by atoms with van der Waals surface area (Å²) in [7, 11) is 0. The Kier molecular flexibility index (Phi) is 4.67. The first-order chi connectivity index (χ1) is 13.9. The molecule has 2 aliphatic rings. The molecule has 9 heteroatoms. The lowest BCUT2D eigenvalue weighted by atomic mass is 10.0. The fourth-order valence-corrected chi connectivity index (χ4v) is 4.06. The molecular weight excluding hydrogens is 404 g/mol. The number of thiophene rings is 1. The molecule has 1 amide bonds. The third kappa shape index (κ3) is 3.29. The first-order valence-corrected chi connectivity index (χ1v) is 9.33. The van der Waals surface area contributed by atoms with E-state index in [2.05, 4.69) is 5.32 Å². The van der Waals surface area contributed by atoms with Crippen LogP contribution in [0.3, 0.4) is 0 Å². The van der Waals surface area contributed by atoms with Crippen LogP contribution in [0.1, 0.15) is 16.8 Å². The fourth-order valence-electron chi connectivity index (χ4n) is 3.11. The van der Waals surface area contributed by atoms with Crippen molar-refractivity contribution in [2.24, 2.45) is 0 Å². The Morgan fingerprint density at radius 1 is 1.24 bits per heavy atom. The highest BCUT2D eigenvalue weighted by molar-refractivity contribution is 7.15. The Hall–Kier alpha value is -3.46. The number of carbonyl (C=O) groups excluding carboxylic acids is 1. The van der Waals surface area contributed by atoms with E-state index in [0.717, 1.165) is 29.0 Å². The highest BCUT2D eigenvalue weighted by Crippen LogP contribution is 2.39. The van der Waals surface area contributed by atoms with Crippen LogP contribution in [0.4, 0.5) is 13.8 Å². The molecule has 0 spiro atoms. The van der Waals surface area contributed by atoms with Gasteiger partial charge in [0.2, 0.25) is 0 Å². The molecule has 0 saturated heterocycles. The van der Waals surface area contributed by atoms with Gasteiger partial charge in [-0.3, -0.25) is 4.79 Å². The molecule has 0 saturated carbocycles. The number of aromatic hydroxyl groups is 1. The van der Waals surface area contributed by atoms with Crippen molar-refractivity contribution in [3.63, 3.8) is 0 Å². The van der Waals surface area contributed by atoms with Crippen LogP contribution in [-0.2, 0) is 9.53 Å². The molecule has 1 atom stereocenters. The number of aromatic carboxylic acids is 1. The molecule has 4 rings (SSSR count). The second-order valence-corrected chi connectivity index (χ2v) is 7.20. The van der Waals surface area contributed by atoms with Gasteiger partial charge >= 0.3 is 5.97 Å². The summed E-state index contributed by atoms with van der Waals surface area (Å²) >= 11 is 0.866. The third-order valence-corrected chi connectivity index (χ3v) is 5.42. The maximum absolute atomic E-state index is 14.3. The van der Waals surface area contributed by atoms with E-state index in [4.69, 9.17) is 4.74 Å². The van der Waals surface area contributed by atoms with E-state index in [0.29, 0.717) is 6.42 Å². The minimum atomic E-state index is -1.42. The predicted molar refractivity (Wildman–Crippen MR) is 102 cm³/mol. The minimum absolute atomic E-state index is 0.0350. The van der Waals surface area contributed by atoms with Crippen molar-refractivity contribution in [1.29, 1.82) is 0 Å². The number of allylic oxidation sites excluding steroid dienone is 2. The zero-order valence-corrected chi connectivity index (χ0v) is 15.4. The number of anilines is 1. The largest absolute Gasteiger partial charge is 0.503 e. The zero-order valence-electron chi connectivity index (χ0n) is 14.6. The second kappa shape index (κ2) is 7.17. The van der Waals surface area contributed by atoms with Crippen molar-refractivity contribution in [2.45, 2.75) is 12.5 Å². The highest BCUT2D eigenvalue weighted by atomic mass is 32.1. The van der Waals surface area contributed by atoms with E-state index >= 15 is 0 Å². The van der Waals surface area contributed by atoms with E-state index in [1.54, 1.807) is 6.08 Å². The summed E-state index contributed by atoms with van der Waals surface area (Å²) in [6.07, 6.45) is 7.53. The Balaban J connectivity index is 1.66. The molecule has 1 aromatic heterocycles. The number of phenols is 1. The lowest BCUT2D eigenvalue weighted by molar-refractivity contribution is -0.116. The normalized spacial score (nSPS) is 17.2. The average Bonchev–Trinajstić information content (AvgIpc) is 3.30. The Bertz CT molecular complexity index is 1130. The number of benzene rings is 1. The van der Waals surface area contributed by atoms with E-state index in [9.17, 15) is 28.6 Å². The summed E-state index contributed by atoms with van der Waals surface area (Å²) in [4.78, 5) is 24.3. The first-order valence-electron chi connectivity index (χ1n) is 8.45. The smallest absolute Gasteiger partial charge is 0.339 e. The summed E-state index contributed by atoms with van der Waals surface area (Å²) in [5.41, 5.74) is 0.0844. The van der Waals surface area contributed by atoms with E-state index in [1.165, 1.54) is 5.38 Å². The van der Waals surface area contributed by atoms with Crippen LogP contribution in [0.5, 0.6) is 5.75 Å². The van der Waals surface area contributed by atoms with Crippen LogP contribution < -0.4 is 5.32 Å². The van der Waals surface area contributed by atoms with E-state index in [-0.39, 0.29) is 33.6 Å². The van der Waals surface area contributed by atoms with Crippen molar-refractivity contribution < 1.29 is 33.3 Å². The molecule has 0 radical (unpaired) electrons. The Labute approximate surface area is 167 Å². The van der Waals surface area contributed by atoms with Gasteiger partial charge in [-0.15, -0.1) is 11.3 Å². The van der Waals surface area contributed by atoms with Gasteiger partial charge in [0.1, 0.15) is 16.7 Å². The summed E-state index contributed by atoms with van der Waals surface area (Å²) in [6, 6.07) is 1.85. The lowest BCUT2D eigenvalue weighted by Crippen LogP contribution is -2.18. The van der Waals surface area contributed by atoms with Crippen molar-refractivity contribution >= 4 is 28.2 Å². The van der Waals surface area contributed by atoms with Gasteiger partial charge in [-0.2, -0.15) is 0 Å². The summed E-state index contributed by atoms with van der Waals surface area (Å²) in [6.45, 7) is 0. The maximum Gasteiger partial charge on any atom is 0.339 e. The number of carboxylic acid groups (broad SMARTS) is 1. The van der Waals surface area contributed by atoms with Gasteiger partial charge in [0.15, 0.2) is 23.1 Å². The molecule has 3 N–H and O–H groups in total. The fraction of sp³-hybridized carbons (Fsp3) is 0.100. The van der Waals surface area contributed by atoms with Gasteiger partial charge in [-0.05, 0) is 23.8 Å². The van der Waals surface area contributed by atoms with Crippen LogP contribution in [-0.4, -0.2) is 28.2 Å². The van der Waals surface area contributed by atoms with Gasteiger partial charge < -0.3 is 20.3 Å². The molecule has 0 bridgehead atoms. The minimum Gasteiger partial charge on any atom is -0.503 e. The van der Waals surface area contributed by atoms with Crippen molar-refractivity contribution in [2.75, 3.05) is 5.32 Å². The van der Waals surface area contributed by atoms with Gasteiger partial charge in [0.05, 0.1) is 0 Å². The van der Waals surface area contributed by atoms with Crippen LogP contribution in [0, 0.1) is 11.6 Å². The summed E-state index contributed by atoms with van der Waals surface area (Å²) < 4.78 is 33.2. The number of ether oxygens (including phenoxy) is 1. The van der Waals surface area contributed by atoms with Crippen LogP contribution >= 0.6 is 11.3 Å². The zero-order chi connectivity index (χ0) is 20.7. The molecule has 1 aliphatic heterocycles. The summed E-state index contributed by atoms with van der Waals surface area (Å²) in [5, 5.41) is 22.8. The molecule has 0 fully saturated rings. The third-order valence-electron chi connectivity index (χ3n) is 4.53. The number of hydrogen-bond donors (Lipinski definition) is 3. The number of carboxylic acids is 1. The van der Waals surface area contributed by atoms with Gasteiger partial charge in [-0.25, -0.2) is 13.6 Å². The molecule has 2 aromatic rings. The van der Waals surface area contributed by atoms with Gasteiger partial charge in [0.25, 0.3) is 5.91 Å². The molecule has 2 heterocycles. The second-order valence-electron chi connectivity index (χ2n) is 6.32. The van der Waals surface area contributed by atoms with Crippen molar-refractivity contribution in [3.05, 3.63) is 70.3 Å². The molecule has 1 aliphatic carbocycles. The number of rotatable bonds is 4. The van der Waals surface area contributed by atoms with Gasteiger partial charge in [-0.1, -0.05) is 18.2 Å². The topological polar surface area (TPSA) is 95.9 Å². The van der Waals surface area contributed by atoms with E-state index < -0.39 is 29.3 Å². The number of nitrogens with one attached hydrogen (secondary N) is 1.